The molecule has 26 heavy (non-hydrogen) atoms. The van der Waals surface area contributed by atoms with Gasteiger partial charge in [0.15, 0.2) is 17.5 Å². The van der Waals surface area contributed by atoms with E-state index >= 15 is 0 Å². The average Bonchev–Trinajstić information content (AvgIpc) is 2.67. The molecule has 1 aliphatic rings. The van der Waals surface area contributed by atoms with Crippen LogP contribution in [0.2, 0.25) is 0 Å². The lowest BCUT2D eigenvalue weighted by molar-refractivity contribution is -0.0829. The van der Waals surface area contributed by atoms with Crippen LogP contribution in [0.4, 0.5) is 4.39 Å². The molecule has 1 heterocycles. The highest BCUT2D eigenvalue weighted by Gasteiger charge is 2.32. The van der Waals surface area contributed by atoms with Crippen molar-refractivity contribution in [3.63, 3.8) is 0 Å². The highest BCUT2D eigenvalue weighted by Crippen LogP contribution is 2.24. The zero-order chi connectivity index (χ0) is 18.8. The first-order valence-electron chi connectivity index (χ1n) is 9.10. The molecule has 1 aromatic rings. The van der Waals surface area contributed by atoms with E-state index in [4.69, 9.17) is 19.2 Å². The van der Waals surface area contributed by atoms with E-state index in [-0.39, 0.29) is 17.2 Å². The van der Waals surface area contributed by atoms with Crippen LogP contribution in [0.25, 0.3) is 0 Å². The Balaban J connectivity index is 1.91. The van der Waals surface area contributed by atoms with Crippen molar-refractivity contribution in [2.24, 2.45) is 4.99 Å². The number of likely N-dealkylation sites (N-methyl/N-ethyl adjacent to an activating group) is 1. The van der Waals surface area contributed by atoms with E-state index < -0.39 is 0 Å². The number of hydrogen-bond donors (Lipinski definition) is 1. The lowest BCUT2D eigenvalue weighted by atomic mass is 9.94. The predicted molar refractivity (Wildman–Crippen MR) is 100 cm³/mol. The van der Waals surface area contributed by atoms with Gasteiger partial charge in [0.1, 0.15) is 6.61 Å². The van der Waals surface area contributed by atoms with Crippen molar-refractivity contribution in [2.75, 3.05) is 53.6 Å². The number of guanidine groups is 1. The van der Waals surface area contributed by atoms with Crippen molar-refractivity contribution in [1.82, 2.24) is 10.2 Å². The molecule has 0 unspecified atom stereocenters. The number of ether oxygens (including phenoxy) is 3. The fourth-order valence-corrected chi connectivity index (χ4v) is 2.82. The maximum absolute atomic E-state index is 13.6. The highest BCUT2D eigenvalue weighted by atomic mass is 19.1. The molecule has 0 aliphatic carbocycles. The van der Waals surface area contributed by atoms with Gasteiger partial charge in [-0.1, -0.05) is 12.1 Å². The number of para-hydroxylation sites is 1. The van der Waals surface area contributed by atoms with Crippen LogP contribution in [0.15, 0.2) is 29.3 Å². The summed E-state index contributed by atoms with van der Waals surface area (Å²) in [6.45, 7) is 5.72. The Bertz CT molecular complexity index is 577. The lowest BCUT2D eigenvalue weighted by Gasteiger charge is -2.35. The maximum Gasteiger partial charge on any atom is 0.193 e. The van der Waals surface area contributed by atoms with Crippen LogP contribution in [0.3, 0.4) is 0 Å². The molecule has 0 atom stereocenters. The summed E-state index contributed by atoms with van der Waals surface area (Å²) >= 11 is 0. The summed E-state index contributed by atoms with van der Waals surface area (Å²) in [7, 11) is 3.68. The van der Waals surface area contributed by atoms with Crippen LogP contribution < -0.4 is 10.1 Å². The van der Waals surface area contributed by atoms with Crippen LogP contribution in [-0.4, -0.2) is 70.1 Å². The first-order chi connectivity index (χ1) is 12.6. The van der Waals surface area contributed by atoms with Gasteiger partial charge in [0.2, 0.25) is 0 Å². The molecular formula is C19H30FN3O3. The summed E-state index contributed by atoms with van der Waals surface area (Å²) in [5.41, 5.74) is -0.260. The summed E-state index contributed by atoms with van der Waals surface area (Å²) in [6.07, 6.45) is 1.68. The zero-order valence-corrected chi connectivity index (χ0v) is 16.0. The van der Waals surface area contributed by atoms with Gasteiger partial charge < -0.3 is 24.4 Å². The number of rotatable bonds is 8. The second-order valence-electron chi connectivity index (χ2n) is 6.37. The van der Waals surface area contributed by atoms with E-state index in [9.17, 15) is 4.39 Å². The zero-order valence-electron chi connectivity index (χ0n) is 16.0. The first kappa shape index (κ1) is 20.5. The monoisotopic (exact) mass is 367 g/mol. The quantitative estimate of drug-likeness (QED) is 0.564. The minimum atomic E-state index is -0.350. The third kappa shape index (κ3) is 5.85. The van der Waals surface area contributed by atoms with Crippen molar-refractivity contribution < 1.29 is 18.6 Å². The summed E-state index contributed by atoms with van der Waals surface area (Å²) in [4.78, 5) is 6.72. The SMILES string of the molecule is CCNC(=NCC1(OC)CCOCC1)N(C)CCOc1ccccc1F. The fraction of sp³-hybridized carbons (Fsp3) is 0.632. The number of methoxy groups -OCH3 is 1. The molecule has 0 aromatic heterocycles. The summed E-state index contributed by atoms with van der Waals surface area (Å²) in [5, 5.41) is 3.28. The Labute approximate surface area is 155 Å². The van der Waals surface area contributed by atoms with E-state index in [1.807, 2.05) is 18.9 Å². The number of nitrogens with one attached hydrogen (secondary N) is 1. The third-order valence-corrected chi connectivity index (χ3v) is 4.57. The van der Waals surface area contributed by atoms with Crippen LogP contribution in [0.1, 0.15) is 19.8 Å². The van der Waals surface area contributed by atoms with Crippen molar-refractivity contribution in [3.8, 4) is 5.75 Å². The summed E-state index contributed by atoms with van der Waals surface area (Å²) < 4.78 is 30.3. The Kier molecular flexibility index (Phi) is 8.12. The van der Waals surface area contributed by atoms with Crippen molar-refractivity contribution in [3.05, 3.63) is 30.1 Å². The Morgan fingerprint density at radius 1 is 1.35 bits per heavy atom. The topological polar surface area (TPSA) is 55.3 Å². The van der Waals surface area contributed by atoms with Crippen molar-refractivity contribution in [1.29, 1.82) is 0 Å². The van der Waals surface area contributed by atoms with Crippen LogP contribution in [0.5, 0.6) is 5.75 Å². The molecule has 0 bridgehead atoms. The number of halogens is 1. The van der Waals surface area contributed by atoms with Gasteiger partial charge >= 0.3 is 0 Å². The number of hydrogen-bond acceptors (Lipinski definition) is 4. The second-order valence-corrected chi connectivity index (χ2v) is 6.37. The van der Waals surface area contributed by atoms with E-state index in [2.05, 4.69) is 5.32 Å². The smallest absolute Gasteiger partial charge is 0.193 e. The first-order valence-corrected chi connectivity index (χ1v) is 9.10. The third-order valence-electron chi connectivity index (χ3n) is 4.57. The van der Waals surface area contributed by atoms with Gasteiger partial charge in [0, 0.05) is 46.8 Å². The highest BCUT2D eigenvalue weighted by molar-refractivity contribution is 5.79. The standard InChI is InChI=1S/C19H30FN3O3/c1-4-21-18(22-15-19(24-3)9-12-25-13-10-19)23(2)11-14-26-17-8-6-5-7-16(17)20/h5-8H,4,9-15H2,1-3H3,(H,21,22). The van der Waals surface area contributed by atoms with Gasteiger partial charge in [0.25, 0.3) is 0 Å². The molecule has 2 rings (SSSR count). The van der Waals surface area contributed by atoms with Crippen LogP contribution in [-0.2, 0) is 9.47 Å². The molecule has 0 amide bonds. The number of benzene rings is 1. The predicted octanol–water partition coefficient (Wildman–Crippen LogP) is 2.30. The van der Waals surface area contributed by atoms with Gasteiger partial charge in [-0.3, -0.25) is 4.99 Å². The molecule has 0 saturated carbocycles. The molecule has 7 heteroatoms. The second kappa shape index (κ2) is 10.3. The molecule has 1 saturated heterocycles. The van der Waals surface area contributed by atoms with Gasteiger partial charge in [-0.25, -0.2) is 4.39 Å². The van der Waals surface area contributed by atoms with Crippen molar-refractivity contribution >= 4 is 5.96 Å². The van der Waals surface area contributed by atoms with Gasteiger partial charge in [0.05, 0.1) is 18.7 Å². The molecule has 6 nitrogen and oxygen atoms in total. The van der Waals surface area contributed by atoms with Crippen molar-refractivity contribution in [2.45, 2.75) is 25.4 Å². The molecular weight excluding hydrogens is 337 g/mol. The minimum Gasteiger partial charge on any atom is -0.489 e. The van der Waals surface area contributed by atoms with Gasteiger partial charge in [-0.15, -0.1) is 0 Å². The van der Waals surface area contributed by atoms with Crippen LogP contribution >= 0.6 is 0 Å². The molecule has 0 radical (unpaired) electrons. The molecule has 0 spiro atoms. The Morgan fingerprint density at radius 3 is 2.73 bits per heavy atom. The van der Waals surface area contributed by atoms with Gasteiger partial charge in [-0.05, 0) is 19.1 Å². The van der Waals surface area contributed by atoms with E-state index in [0.29, 0.717) is 32.9 Å². The normalized spacial score (nSPS) is 17.0. The number of nitrogens with zero attached hydrogens (tertiary/aromatic N) is 2. The number of aliphatic imine (C=N–C) groups is 1. The van der Waals surface area contributed by atoms with Gasteiger partial charge in [-0.2, -0.15) is 0 Å². The minimum absolute atomic E-state index is 0.260. The van der Waals surface area contributed by atoms with E-state index in [0.717, 1.165) is 25.3 Å². The largest absolute Gasteiger partial charge is 0.489 e. The molecule has 1 aromatic carbocycles. The Morgan fingerprint density at radius 2 is 2.08 bits per heavy atom. The molecule has 1 fully saturated rings. The van der Waals surface area contributed by atoms with Crippen LogP contribution in [0, 0.1) is 5.82 Å². The Hall–Kier alpha value is -1.86. The molecule has 146 valence electrons. The molecule has 1 N–H and O–H groups in total. The maximum atomic E-state index is 13.6. The fourth-order valence-electron chi connectivity index (χ4n) is 2.82. The van der Waals surface area contributed by atoms with E-state index in [1.165, 1.54) is 6.07 Å². The lowest BCUT2D eigenvalue weighted by Crippen LogP contribution is -2.45. The van der Waals surface area contributed by atoms with E-state index in [1.54, 1.807) is 25.3 Å². The summed E-state index contributed by atoms with van der Waals surface area (Å²) in [6, 6.07) is 6.42. The summed E-state index contributed by atoms with van der Waals surface area (Å²) in [5.74, 6) is 0.702. The average molecular weight is 367 g/mol. The molecule has 1 aliphatic heterocycles.